The second-order valence-corrected chi connectivity index (χ2v) is 4.09. The average Bonchev–Trinajstić information content (AvgIpc) is 2.45. The largest absolute Gasteiger partial charge is 0.483 e. The van der Waals surface area contributed by atoms with Crippen molar-refractivity contribution in [2.45, 2.75) is 6.61 Å². The van der Waals surface area contributed by atoms with Crippen LogP contribution in [0.25, 0.3) is 0 Å². The molecule has 0 amide bonds. The van der Waals surface area contributed by atoms with Crippen LogP contribution in [0.4, 0.5) is 17.6 Å². The van der Waals surface area contributed by atoms with Crippen molar-refractivity contribution in [2.75, 3.05) is 0 Å². The summed E-state index contributed by atoms with van der Waals surface area (Å²) >= 11 is 0. The quantitative estimate of drug-likeness (QED) is 0.694. The molecule has 0 fully saturated rings. The van der Waals surface area contributed by atoms with E-state index >= 15 is 0 Å². The standard InChI is InChI=1S/C14H8F4O3/c15-9-5-10(16)12(18)13(11(9)17)21-6-7-2-1-3-8(4-7)14(19)20/h1-5H,6H2,(H,19,20). The number of ether oxygens (including phenoxy) is 1. The lowest BCUT2D eigenvalue weighted by atomic mass is 10.1. The number of rotatable bonds is 4. The van der Waals surface area contributed by atoms with E-state index < -0.39 is 41.6 Å². The fourth-order valence-corrected chi connectivity index (χ4v) is 1.63. The summed E-state index contributed by atoms with van der Waals surface area (Å²) in [7, 11) is 0. The highest BCUT2D eigenvalue weighted by molar-refractivity contribution is 5.87. The van der Waals surface area contributed by atoms with E-state index in [1.807, 2.05) is 0 Å². The number of halogens is 4. The van der Waals surface area contributed by atoms with Crippen LogP contribution >= 0.6 is 0 Å². The molecule has 7 heteroatoms. The summed E-state index contributed by atoms with van der Waals surface area (Å²) < 4.78 is 57.4. The van der Waals surface area contributed by atoms with Gasteiger partial charge in [-0.25, -0.2) is 13.6 Å². The van der Waals surface area contributed by atoms with Crippen LogP contribution in [0.2, 0.25) is 0 Å². The molecule has 0 aliphatic heterocycles. The molecule has 0 spiro atoms. The van der Waals surface area contributed by atoms with Gasteiger partial charge in [0.2, 0.25) is 11.6 Å². The Morgan fingerprint density at radius 2 is 1.67 bits per heavy atom. The van der Waals surface area contributed by atoms with Crippen LogP contribution in [0.15, 0.2) is 30.3 Å². The van der Waals surface area contributed by atoms with Crippen molar-refractivity contribution in [2.24, 2.45) is 0 Å². The van der Waals surface area contributed by atoms with E-state index in [-0.39, 0.29) is 17.2 Å². The van der Waals surface area contributed by atoms with Crippen LogP contribution in [0.5, 0.6) is 5.75 Å². The highest BCUT2D eigenvalue weighted by Gasteiger charge is 2.20. The third-order valence-electron chi connectivity index (χ3n) is 2.63. The van der Waals surface area contributed by atoms with Crippen molar-refractivity contribution < 1.29 is 32.2 Å². The minimum atomic E-state index is -1.65. The maximum Gasteiger partial charge on any atom is 0.335 e. The summed E-state index contributed by atoms with van der Waals surface area (Å²) in [5.74, 6) is -8.84. The normalized spacial score (nSPS) is 10.5. The summed E-state index contributed by atoms with van der Waals surface area (Å²) in [6.45, 7) is -0.447. The van der Waals surface area contributed by atoms with Crippen LogP contribution in [0.1, 0.15) is 15.9 Å². The lowest BCUT2D eigenvalue weighted by Gasteiger charge is -2.10. The van der Waals surface area contributed by atoms with Crippen LogP contribution in [0, 0.1) is 23.3 Å². The first-order valence-electron chi connectivity index (χ1n) is 5.68. The zero-order valence-corrected chi connectivity index (χ0v) is 10.4. The molecule has 0 heterocycles. The molecule has 0 saturated carbocycles. The van der Waals surface area contributed by atoms with Gasteiger partial charge in [-0.1, -0.05) is 12.1 Å². The average molecular weight is 300 g/mol. The maximum atomic E-state index is 13.4. The van der Waals surface area contributed by atoms with E-state index in [1.165, 1.54) is 24.3 Å². The lowest BCUT2D eigenvalue weighted by Crippen LogP contribution is -2.05. The second kappa shape index (κ2) is 5.82. The molecule has 2 aromatic carbocycles. The predicted octanol–water partition coefficient (Wildman–Crippen LogP) is 3.52. The molecule has 21 heavy (non-hydrogen) atoms. The SMILES string of the molecule is O=C(O)c1cccc(COc2c(F)c(F)cc(F)c2F)c1. The molecule has 0 atom stereocenters. The van der Waals surface area contributed by atoms with Crippen LogP contribution in [-0.4, -0.2) is 11.1 Å². The number of hydrogen-bond acceptors (Lipinski definition) is 2. The Bertz CT molecular complexity index is 675. The van der Waals surface area contributed by atoms with Crippen LogP contribution in [-0.2, 0) is 6.61 Å². The molecule has 110 valence electrons. The van der Waals surface area contributed by atoms with Gasteiger partial charge in [-0.3, -0.25) is 0 Å². The Balaban J connectivity index is 2.25. The highest BCUT2D eigenvalue weighted by atomic mass is 19.2. The van der Waals surface area contributed by atoms with E-state index in [2.05, 4.69) is 0 Å². The predicted molar refractivity (Wildman–Crippen MR) is 64.0 cm³/mol. The van der Waals surface area contributed by atoms with E-state index in [1.54, 1.807) is 0 Å². The van der Waals surface area contributed by atoms with E-state index in [9.17, 15) is 22.4 Å². The first kappa shape index (κ1) is 14.8. The maximum absolute atomic E-state index is 13.4. The molecule has 0 unspecified atom stereocenters. The monoisotopic (exact) mass is 300 g/mol. The fraction of sp³-hybridized carbons (Fsp3) is 0.0714. The molecule has 0 aliphatic carbocycles. The zero-order valence-electron chi connectivity index (χ0n) is 10.4. The minimum absolute atomic E-state index is 0.0533. The molecule has 0 aromatic heterocycles. The van der Waals surface area contributed by atoms with Gasteiger partial charge in [0.15, 0.2) is 17.4 Å². The van der Waals surface area contributed by atoms with Gasteiger partial charge in [0.25, 0.3) is 0 Å². The molecule has 0 radical (unpaired) electrons. The van der Waals surface area contributed by atoms with Gasteiger partial charge in [0, 0.05) is 6.07 Å². The van der Waals surface area contributed by atoms with Crippen molar-refractivity contribution in [3.8, 4) is 5.75 Å². The molecule has 2 aromatic rings. The molecular weight excluding hydrogens is 292 g/mol. The first-order chi connectivity index (χ1) is 9.90. The van der Waals surface area contributed by atoms with Gasteiger partial charge in [0.05, 0.1) is 5.56 Å². The number of aromatic carboxylic acids is 1. The molecule has 3 nitrogen and oxygen atoms in total. The Morgan fingerprint density at radius 1 is 1.05 bits per heavy atom. The molecule has 2 rings (SSSR count). The first-order valence-corrected chi connectivity index (χ1v) is 5.68. The van der Waals surface area contributed by atoms with Gasteiger partial charge in [-0.2, -0.15) is 8.78 Å². The third-order valence-corrected chi connectivity index (χ3v) is 2.63. The summed E-state index contributed by atoms with van der Waals surface area (Å²) in [5, 5.41) is 8.80. The minimum Gasteiger partial charge on any atom is -0.483 e. The summed E-state index contributed by atoms with van der Waals surface area (Å²) in [4.78, 5) is 10.8. The Hall–Kier alpha value is -2.57. The van der Waals surface area contributed by atoms with Gasteiger partial charge in [0.1, 0.15) is 6.61 Å². The Kier molecular flexibility index (Phi) is 4.11. The third kappa shape index (κ3) is 3.13. The topological polar surface area (TPSA) is 46.5 Å². The smallest absolute Gasteiger partial charge is 0.335 e. The molecule has 0 aliphatic rings. The number of carbonyl (C=O) groups is 1. The van der Waals surface area contributed by atoms with Gasteiger partial charge in [-0.05, 0) is 17.7 Å². The highest BCUT2D eigenvalue weighted by Crippen LogP contribution is 2.27. The summed E-state index contributed by atoms with van der Waals surface area (Å²) in [5.41, 5.74) is 0.223. The summed E-state index contributed by atoms with van der Waals surface area (Å²) in [6, 6.07) is 5.45. The fourth-order valence-electron chi connectivity index (χ4n) is 1.63. The number of carboxylic acids is 1. The van der Waals surface area contributed by atoms with Gasteiger partial charge < -0.3 is 9.84 Å². The Labute approximate surface area is 116 Å². The van der Waals surface area contributed by atoms with Crippen LogP contribution < -0.4 is 4.74 Å². The van der Waals surface area contributed by atoms with E-state index in [0.717, 1.165) is 0 Å². The van der Waals surface area contributed by atoms with Crippen molar-refractivity contribution in [1.29, 1.82) is 0 Å². The number of hydrogen-bond donors (Lipinski definition) is 1. The summed E-state index contributed by atoms with van der Waals surface area (Å²) in [6.07, 6.45) is 0. The lowest BCUT2D eigenvalue weighted by molar-refractivity contribution is 0.0696. The van der Waals surface area contributed by atoms with Crippen molar-refractivity contribution in [1.82, 2.24) is 0 Å². The molecular formula is C14H8F4O3. The molecule has 0 saturated heterocycles. The number of benzene rings is 2. The second-order valence-electron chi connectivity index (χ2n) is 4.09. The van der Waals surface area contributed by atoms with E-state index in [0.29, 0.717) is 0 Å². The van der Waals surface area contributed by atoms with Crippen molar-refractivity contribution in [3.05, 3.63) is 64.7 Å². The van der Waals surface area contributed by atoms with Gasteiger partial charge in [-0.15, -0.1) is 0 Å². The van der Waals surface area contributed by atoms with E-state index in [4.69, 9.17) is 9.84 Å². The Morgan fingerprint density at radius 3 is 2.24 bits per heavy atom. The molecule has 0 bridgehead atoms. The zero-order chi connectivity index (χ0) is 15.6. The van der Waals surface area contributed by atoms with Crippen molar-refractivity contribution >= 4 is 5.97 Å². The molecule has 1 N–H and O–H groups in total. The van der Waals surface area contributed by atoms with Crippen molar-refractivity contribution in [3.63, 3.8) is 0 Å². The van der Waals surface area contributed by atoms with Crippen LogP contribution in [0.3, 0.4) is 0 Å². The van der Waals surface area contributed by atoms with Gasteiger partial charge >= 0.3 is 5.97 Å². The number of carboxylic acid groups (broad SMARTS) is 1.